The molecule has 0 amide bonds. The van der Waals surface area contributed by atoms with Crippen molar-refractivity contribution in [3.05, 3.63) is 11.6 Å². The lowest BCUT2D eigenvalue weighted by atomic mass is 9.45. The van der Waals surface area contributed by atoms with Crippen LogP contribution in [0.4, 0.5) is 0 Å². The number of rotatable bonds is 2. The molecule has 1 unspecified atom stereocenters. The van der Waals surface area contributed by atoms with Gasteiger partial charge in [-0.05, 0) is 74.2 Å². The van der Waals surface area contributed by atoms with Gasteiger partial charge in [0, 0.05) is 0 Å². The average Bonchev–Trinajstić information content (AvgIpc) is 2.78. The first-order valence-electron chi connectivity index (χ1n) is 9.17. The fourth-order valence-electron chi connectivity index (χ4n) is 6.17. The summed E-state index contributed by atoms with van der Waals surface area (Å²) in [6.45, 7) is 12.4. The van der Waals surface area contributed by atoms with Crippen molar-refractivity contribution in [2.75, 3.05) is 6.61 Å². The molecular formula is C20H34O2. The summed E-state index contributed by atoms with van der Waals surface area (Å²) in [7, 11) is 0. The Morgan fingerprint density at radius 1 is 1.18 bits per heavy atom. The first-order chi connectivity index (χ1) is 10.2. The smallest absolute Gasteiger partial charge is 0.0791 e. The van der Waals surface area contributed by atoms with Crippen LogP contribution in [0, 0.1) is 22.7 Å². The van der Waals surface area contributed by atoms with E-state index in [2.05, 4.69) is 40.7 Å². The molecule has 126 valence electrons. The summed E-state index contributed by atoms with van der Waals surface area (Å²) in [6.07, 6.45) is 9.41. The van der Waals surface area contributed by atoms with Gasteiger partial charge in [-0.25, -0.2) is 0 Å². The van der Waals surface area contributed by atoms with Crippen LogP contribution in [0.1, 0.15) is 73.1 Å². The molecular weight excluding hydrogens is 272 g/mol. The summed E-state index contributed by atoms with van der Waals surface area (Å²) in [5.41, 5.74) is 1.46. The Morgan fingerprint density at radius 3 is 2.55 bits per heavy atom. The SMILES string of the molecule is CC1=CCO[C@H]1C[C@@H]1[C@@]2(C)CCCC(C)(C)C2CC[C@@]1(C)O. The molecule has 2 heteroatoms. The highest BCUT2D eigenvalue weighted by Crippen LogP contribution is 2.63. The molecule has 1 N–H and O–H groups in total. The van der Waals surface area contributed by atoms with Gasteiger partial charge in [-0.2, -0.15) is 0 Å². The van der Waals surface area contributed by atoms with Crippen LogP contribution in [0.2, 0.25) is 0 Å². The molecule has 5 atom stereocenters. The Bertz CT molecular complexity index is 462. The third-order valence-electron chi connectivity index (χ3n) is 7.42. The summed E-state index contributed by atoms with van der Waals surface area (Å²) in [5, 5.41) is 11.2. The Morgan fingerprint density at radius 2 is 1.91 bits per heavy atom. The minimum atomic E-state index is -0.551. The maximum Gasteiger partial charge on any atom is 0.0791 e. The van der Waals surface area contributed by atoms with Gasteiger partial charge in [0.25, 0.3) is 0 Å². The van der Waals surface area contributed by atoms with E-state index in [1.165, 1.54) is 31.3 Å². The number of hydrogen-bond acceptors (Lipinski definition) is 2. The third kappa shape index (κ3) is 2.57. The highest BCUT2D eigenvalue weighted by molar-refractivity contribution is 5.14. The lowest BCUT2D eigenvalue weighted by molar-refractivity contribution is -0.175. The van der Waals surface area contributed by atoms with Gasteiger partial charge in [-0.15, -0.1) is 0 Å². The molecule has 0 aromatic rings. The Hall–Kier alpha value is -0.340. The molecule has 2 nitrogen and oxygen atoms in total. The molecule has 2 fully saturated rings. The van der Waals surface area contributed by atoms with Crippen LogP contribution in [-0.2, 0) is 4.74 Å². The molecule has 0 bridgehead atoms. The number of hydrogen-bond donors (Lipinski definition) is 1. The van der Waals surface area contributed by atoms with Crippen molar-refractivity contribution in [3.63, 3.8) is 0 Å². The molecule has 1 heterocycles. The van der Waals surface area contributed by atoms with E-state index < -0.39 is 5.60 Å². The topological polar surface area (TPSA) is 29.5 Å². The van der Waals surface area contributed by atoms with Gasteiger partial charge < -0.3 is 9.84 Å². The molecule has 0 saturated heterocycles. The van der Waals surface area contributed by atoms with Crippen molar-refractivity contribution >= 4 is 0 Å². The number of fused-ring (bicyclic) bond motifs is 1. The molecule has 22 heavy (non-hydrogen) atoms. The van der Waals surface area contributed by atoms with E-state index in [-0.39, 0.29) is 11.5 Å². The summed E-state index contributed by atoms with van der Waals surface area (Å²) < 4.78 is 5.93. The minimum absolute atomic E-state index is 0.220. The first kappa shape index (κ1) is 16.5. The van der Waals surface area contributed by atoms with Crippen molar-refractivity contribution in [1.29, 1.82) is 0 Å². The van der Waals surface area contributed by atoms with Crippen LogP contribution in [-0.4, -0.2) is 23.4 Å². The maximum absolute atomic E-state index is 11.2. The van der Waals surface area contributed by atoms with Crippen molar-refractivity contribution in [2.24, 2.45) is 22.7 Å². The van der Waals surface area contributed by atoms with Crippen LogP contribution in [0.5, 0.6) is 0 Å². The minimum Gasteiger partial charge on any atom is -0.390 e. The van der Waals surface area contributed by atoms with E-state index in [1.54, 1.807) is 0 Å². The first-order valence-corrected chi connectivity index (χ1v) is 9.17. The van der Waals surface area contributed by atoms with E-state index in [0.29, 0.717) is 11.3 Å². The molecule has 2 aliphatic carbocycles. The molecule has 0 aromatic carbocycles. The zero-order valence-electron chi connectivity index (χ0n) is 15.1. The summed E-state index contributed by atoms with van der Waals surface area (Å²) in [4.78, 5) is 0. The largest absolute Gasteiger partial charge is 0.390 e. The average molecular weight is 306 g/mol. The quantitative estimate of drug-likeness (QED) is 0.748. The molecule has 0 aromatic heterocycles. The predicted octanol–water partition coefficient (Wildman–Crippen LogP) is 4.72. The monoisotopic (exact) mass is 306 g/mol. The van der Waals surface area contributed by atoms with E-state index in [0.717, 1.165) is 25.4 Å². The predicted molar refractivity (Wildman–Crippen MR) is 90.7 cm³/mol. The highest BCUT2D eigenvalue weighted by atomic mass is 16.5. The van der Waals surface area contributed by atoms with Gasteiger partial charge in [0.05, 0.1) is 18.3 Å². The van der Waals surface area contributed by atoms with E-state index in [9.17, 15) is 5.11 Å². The van der Waals surface area contributed by atoms with E-state index in [1.807, 2.05) is 0 Å². The zero-order valence-corrected chi connectivity index (χ0v) is 15.1. The Labute approximate surface area is 136 Å². The lowest BCUT2D eigenvalue weighted by Gasteiger charge is -2.61. The van der Waals surface area contributed by atoms with Crippen molar-refractivity contribution in [3.8, 4) is 0 Å². The number of aliphatic hydroxyl groups is 1. The van der Waals surface area contributed by atoms with Gasteiger partial charge >= 0.3 is 0 Å². The molecule has 3 aliphatic rings. The third-order valence-corrected chi connectivity index (χ3v) is 7.42. The zero-order chi connectivity index (χ0) is 16.2. The van der Waals surface area contributed by atoms with E-state index >= 15 is 0 Å². The summed E-state index contributed by atoms with van der Waals surface area (Å²) in [6, 6.07) is 0. The van der Waals surface area contributed by atoms with E-state index in [4.69, 9.17) is 4.74 Å². The normalized spacial score (nSPS) is 47.9. The standard InChI is InChI=1S/C20H34O2/c1-14-8-12-22-15(14)13-17-19(4)10-6-9-18(2,3)16(19)7-11-20(17,5)21/h8,15-17,21H,6-7,9-13H2,1-5H3/t15-,16?,17+,19-,20+/m0/s1. The van der Waals surface area contributed by atoms with Crippen LogP contribution in [0.3, 0.4) is 0 Å². The molecule has 2 saturated carbocycles. The fourth-order valence-corrected chi connectivity index (χ4v) is 6.17. The van der Waals surface area contributed by atoms with Crippen molar-refractivity contribution < 1.29 is 9.84 Å². The second-order valence-corrected chi connectivity index (χ2v) is 9.35. The molecule has 1 aliphatic heterocycles. The van der Waals surface area contributed by atoms with Crippen LogP contribution in [0.15, 0.2) is 11.6 Å². The van der Waals surface area contributed by atoms with Gasteiger partial charge in [0.2, 0.25) is 0 Å². The second-order valence-electron chi connectivity index (χ2n) is 9.35. The van der Waals surface area contributed by atoms with Gasteiger partial charge in [-0.1, -0.05) is 33.3 Å². The van der Waals surface area contributed by atoms with Crippen LogP contribution >= 0.6 is 0 Å². The number of ether oxygens (including phenoxy) is 1. The van der Waals surface area contributed by atoms with Gasteiger partial charge in [-0.3, -0.25) is 0 Å². The molecule has 3 rings (SSSR count). The second kappa shape index (κ2) is 5.34. The highest BCUT2D eigenvalue weighted by Gasteiger charge is 2.58. The lowest BCUT2D eigenvalue weighted by Crippen LogP contribution is -2.58. The Kier molecular flexibility index (Phi) is 4.01. The molecule has 0 spiro atoms. The van der Waals surface area contributed by atoms with Crippen LogP contribution < -0.4 is 0 Å². The Balaban J connectivity index is 1.91. The fraction of sp³-hybridized carbons (Fsp3) is 0.900. The van der Waals surface area contributed by atoms with Gasteiger partial charge in [0.15, 0.2) is 0 Å². The van der Waals surface area contributed by atoms with Crippen LogP contribution in [0.25, 0.3) is 0 Å². The van der Waals surface area contributed by atoms with Gasteiger partial charge in [0.1, 0.15) is 0 Å². The maximum atomic E-state index is 11.2. The van der Waals surface area contributed by atoms with Crippen molar-refractivity contribution in [1.82, 2.24) is 0 Å². The van der Waals surface area contributed by atoms with Crippen molar-refractivity contribution in [2.45, 2.75) is 84.8 Å². The summed E-state index contributed by atoms with van der Waals surface area (Å²) in [5.74, 6) is 1.06. The summed E-state index contributed by atoms with van der Waals surface area (Å²) >= 11 is 0. The molecule has 0 radical (unpaired) electrons.